The highest BCUT2D eigenvalue weighted by molar-refractivity contribution is 8.00. The first-order valence-electron chi connectivity index (χ1n) is 12.6. The molecular weight excluding hydrogens is 518 g/mol. The van der Waals surface area contributed by atoms with Crippen LogP contribution in [0, 0.1) is 6.92 Å². The molecule has 1 fully saturated rings. The third kappa shape index (κ3) is 7.27. The van der Waals surface area contributed by atoms with Crippen LogP contribution in [0.25, 0.3) is 0 Å². The number of carbonyl (C=O) groups excluding carboxylic acids is 4. The number of aliphatic hydroxyl groups excluding tert-OH is 1. The maximum absolute atomic E-state index is 13.7. The molecule has 2 aromatic carbocycles. The minimum absolute atomic E-state index is 0.167. The van der Waals surface area contributed by atoms with Crippen LogP contribution in [0.2, 0.25) is 0 Å². The number of ether oxygens (including phenoxy) is 1. The Labute approximate surface area is 233 Å². The van der Waals surface area contributed by atoms with Crippen LogP contribution in [-0.4, -0.2) is 69.1 Å². The fourth-order valence-corrected chi connectivity index (χ4v) is 5.65. The van der Waals surface area contributed by atoms with E-state index in [-0.39, 0.29) is 36.1 Å². The Hall–Kier alpha value is -3.63. The summed E-state index contributed by atoms with van der Waals surface area (Å²) >= 11 is 1.44. The smallest absolute Gasteiger partial charge is 0.308 e. The van der Waals surface area contributed by atoms with Crippen molar-refractivity contribution in [1.82, 2.24) is 15.5 Å². The van der Waals surface area contributed by atoms with Crippen molar-refractivity contribution in [3.05, 3.63) is 77.9 Å². The zero-order valence-corrected chi connectivity index (χ0v) is 23.4. The molecule has 10 heteroatoms. The van der Waals surface area contributed by atoms with Crippen molar-refractivity contribution in [2.24, 2.45) is 0 Å². The third-order valence-corrected chi connectivity index (χ3v) is 7.90. The van der Waals surface area contributed by atoms with E-state index in [1.807, 2.05) is 44.2 Å². The number of thioether (sulfide) groups is 1. The molecule has 1 aliphatic rings. The first kappa shape index (κ1) is 29.9. The number of hydrogen-bond acceptors (Lipinski definition) is 7. The molecule has 3 rings (SSSR count). The van der Waals surface area contributed by atoms with Crippen LogP contribution in [0.1, 0.15) is 42.3 Å². The van der Waals surface area contributed by atoms with Crippen molar-refractivity contribution < 1.29 is 29.0 Å². The molecule has 1 heterocycles. The third-order valence-electron chi connectivity index (χ3n) is 6.53. The SMILES string of the molecule is C=CCNC(=O)[C@H]1N(C(=O)[C@@H](O)[C@H](Cc2ccccc2)NC(=O)c2cccc(OC(C)=O)c2C)CSC1(C)C. The maximum Gasteiger partial charge on any atom is 0.308 e. The fourth-order valence-electron chi connectivity index (χ4n) is 4.51. The van der Waals surface area contributed by atoms with Crippen molar-refractivity contribution in [2.45, 2.75) is 57.1 Å². The normalized spacial score (nSPS) is 17.6. The zero-order chi connectivity index (χ0) is 28.7. The highest BCUT2D eigenvalue weighted by Gasteiger charge is 2.49. The van der Waals surface area contributed by atoms with Gasteiger partial charge in [-0.15, -0.1) is 18.3 Å². The summed E-state index contributed by atoms with van der Waals surface area (Å²) in [4.78, 5) is 52.9. The number of amides is 3. The Kier molecular flexibility index (Phi) is 9.93. The highest BCUT2D eigenvalue weighted by atomic mass is 32.2. The summed E-state index contributed by atoms with van der Waals surface area (Å²) in [5.41, 5.74) is 1.49. The topological polar surface area (TPSA) is 125 Å². The first-order chi connectivity index (χ1) is 18.5. The van der Waals surface area contributed by atoms with Gasteiger partial charge in [-0.25, -0.2) is 0 Å². The second kappa shape index (κ2) is 12.9. The van der Waals surface area contributed by atoms with Gasteiger partial charge in [0.25, 0.3) is 11.8 Å². The predicted octanol–water partition coefficient (Wildman–Crippen LogP) is 2.60. The van der Waals surface area contributed by atoms with Crippen molar-refractivity contribution in [3.63, 3.8) is 0 Å². The van der Waals surface area contributed by atoms with E-state index in [1.54, 1.807) is 31.2 Å². The molecule has 0 aliphatic carbocycles. The Morgan fingerprint density at radius 3 is 2.51 bits per heavy atom. The van der Waals surface area contributed by atoms with Gasteiger partial charge in [0, 0.05) is 29.3 Å². The van der Waals surface area contributed by atoms with E-state index >= 15 is 0 Å². The van der Waals surface area contributed by atoms with E-state index < -0.39 is 40.7 Å². The Morgan fingerprint density at radius 2 is 1.87 bits per heavy atom. The van der Waals surface area contributed by atoms with E-state index in [2.05, 4.69) is 17.2 Å². The lowest BCUT2D eigenvalue weighted by molar-refractivity contribution is -0.147. The largest absolute Gasteiger partial charge is 0.426 e. The average Bonchev–Trinajstić information content (AvgIpc) is 3.22. The number of benzene rings is 2. The number of rotatable bonds is 10. The van der Waals surface area contributed by atoms with Crippen molar-refractivity contribution >= 4 is 35.5 Å². The van der Waals surface area contributed by atoms with Crippen LogP contribution in [-0.2, 0) is 20.8 Å². The van der Waals surface area contributed by atoms with E-state index in [9.17, 15) is 24.3 Å². The van der Waals surface area contributed by atoms with Gasteiger partial charge < -0.3 is 25.4 Å². The number of hydrogen-bond donors (Lipinski definition) is 3. The Morgan fingerprint density at radius 1 is 1.18 bits per heavy atom. The Bertz CT molecular complexity index is 1230. The Balaban J connectivity index is 1.89. The van der Waals surface area contributed by atoms with E-state index in [0.29, 0.717) is 5.56 Å². The number of esters is 1. The average molecular weight is 554 g/mol. The fraction of sp³-hybridized carbons (Fsp3) is 0.379. The number of nitrogens with zero attached hydrogens (tertiary/aromatic N) is 1. The van der Waals surface area contributed by atoms with Gasteiger partial charge in [-0.2, -0.15) is 0 Å². The predicted molar refractivity (Wildman–Crippen MR) is 150 cm³/mol. The molecule has 1 aliphatic heterocycles. The van der Waals surface area contributed by atoms with E-state index in [0.717, 1.165) is 5.56 Å². The molecule has 208 valence electrons. The molecular formula is C29H35N3O6S. The van der Waals surface area contributed by atoms with Gasteiger partial charge in [0.1, 0.15) is 11.8 Å². The van der Waals surface area contributed by atoms with Crippen molar-refractivity contribution in [2.75, 3.05) is 12.4 Å². The molecule has 3 amide bonds. The number of nitrogens with one attached hydrogen (secondary N) is 2. The molecule has 0 saturated carbocycles. The zero-order valence-electron chi connectivity index (χ0n) is 22.6. The summed E-state index contributed by atoms with van der Waals surface area (Å²) in [6, 6.07) is 12.1. The summed E-state index contributed by atoms with van der Waals surface area (Å²) in [6.07, 6.45) is 0.0906. The summed E-state index contributed by atoms with van der Waals surface area (Å²) in [7, 11) is 0. The van der Waals surface area contributed by atoms with Crippen LogP contribution in [0.15, 0.2) is 61.2 Å². The van der Waals surface area contributed by atoms with Crippen LogP contribution in [0.3, 0.4) is 0 Å². The van der Waals surface area contributed by atoms with Crippen molar-refractivity contribution in [1.29, 1.82) is 0 Å². The van der Waals surface area contributed by atoms with E-state index in [1.165, 1.54) is 23.6 Å². The maximum atomic E-state index is 13.7. The monoisotopic (exact) mass is 553 g/mol. The van der Waals surface area contributed by atoms with Gasteiger partial charge in [-0.05, 0) is 44.9 Å². The lowest BCUT2D eigenvalue weighted by Crippen LogP contribution is -2.58. The van der Waals surface area contributed by atoms with Gasteiger partial charge in [0.2, 0.25) is 5.91 Å². The molecule has 0 unspecified atom stereocenters. The molecule has 0 spiro atoms. The second-order valence-electron chi connectivity index (χ2n) is 9.86. The second-order valence-corrected chi connectivity index (χ2v) is 11.5. The lowest BCUT2D eigenvalue weighted by Gasteiger charge is -2.33. The summed E-state index contributed by atoms with van der Waals surface area (Å²) in [5, 5.41) is 16.9. The minimum atomic E-state index is -1.63. The van der Waals surface area contributed by atoms with Gasteiger partial charge >= 0.3 is 5.97 Å². The standard InChI is InChI=1S/C29H35N3O6S/c1-6-15-30-27(36)25-29(4,5)39-17-32(25)28(37)24(34)22(16-20-11-8-7-9-12-20)31-26(35)21-13-10-14-23(18(21)2)38-19(3)33/h6-14,22,24-25,34H,1,15-17H2,2-5H3,(H,30,36)(H,31,35)/t22-,24-,25+/m0/s1. The first-order valence-corrected chi connectivity index (χ1v) is 13.6. The molecule has 2 aromatic rings. The molecule has 39 heavy (non-hydrogen) atoms. The van der Waals surface area contributed by atoms with Crippen LogP contribution in [0.5, 0.6) is 5.75 Å². The van der Waals surface area contributed by atoms with Crippen LogP contribution < -0.4 is 15.4 Å². The van der Waals surface area contributed by atoms with Crippen LogP contribution >= 0.6 is 11.8 Å². The van der Waals surface area contributed by atoms with Gasteiger partial charge in [-0.3, -0.25) is 19.2 Å². The quantitative estimate of drug-likeness (QED) is 0.235. The van der Waals surface area contributed by atoms with Crippen LogP contribution in [0.4, 0.5) is 0 Å². The molecule has 0 aromatic heterocycles. The molecule has 9 nitrogen and oxygen atoms in total. The molecule has 0 bridgehead atoms. The number of aliphatic hydroxyl groups is 1. The lowest BCUT2D eigenvalue weighted by atomic mass is 9.96. The summed E-state index contributed by atoms with van der Waals surface area (Å²) in [6.45, 7) is 10.5. The van der Waals surface area contributed by atoms with E-state index in [4.69, 9.17) is 4.74 Å². The van der Waals surface area contributed by atoms with Crippen molar-refractivity contribution in [3.8, 4) is 5.75 Å². The molecule has 3 atom stereocenters. The summed E-state index contributed by atoms with van der Waals surface area (Å²) < 4.78 is 4.61. The molecule has 1 saturated heterocycles. The van der Waals surface area contributed by atoms with Gasteiger partial charge in [0.15, 0.2) is 6.10 Å². The number of carbonyl (C=O) groups is 4. The summed E-state index contributed by atoms with van der Waals surface area (Å²) in [5.74, 6) is -1.59. The highest BCUT2D eigenvalue weighted by Crippen LogP contribution is 2.39. The van der Waals surface area contributed by atoms with Gasteiger partial charge in [0.05, 0.1) is 11.9 Å². The molecule has 0 radical (unpaired) electrons. The molecule has 3 N–H and O–H groups in total. The minimum Gasteiger partial charge on any atom is -0.426 e. The van der Waals surface area contributed by atoms with Gasteiger partial charge in [-0.1, -0.05) is 42.5 Å².